The lowest BCUT2D eigenvalue weighted by atomic mass is 10.0. The van der Waals surface area contributed by atoms with Crippen LogP contribution in [0, 0.1) is 13.8 Å². The van der Waals surface area contributed by atoms with Gasteiger partial charge in [0.05, 0.1) is 37.9 Å². The number of carbonyl (C=O) groups is 3. The summed E-state index contributed by atoms with van der Waals surface area (Å²) >= 11 is 0. The van der Waals surface area contributed by atoms with E-state index in [-0.39, 0.29) is 30.5 Å². The second-order valence-electron chi connectivity index (χ2n) is 9.92. The van der Waals surface area contributed by atoms with Gasteiger partial charge in [-0.05, 0) is 74.2 Å². The number of nitrogens with zero attached hydrogens (tertiary/aromatic N) is 1. The highest BCUT2D eigenvalue weighted by Crippen LogP contribution is 2.32. The van der Waals surface area contributed by atoms with Gasteiger partial charge in [0.25, 0.3) is 0 Å². The van der Waals surface area contributed by atoms with Crippen molar-refractivity contribution in [2.45, 2.75) is 46.6 Å². The maximum Gasteiger partial charge on any atom is 0.335 e. The number of benzene rings is 3. The molecule has 0 aliphatic heterocycles. The Labute approximate surface area is 246 Å². The van der Waals surface area contributed by atoms with Crippen LogP contribution in [0.4, 0.5) is 16.2 Å². The van der Waals surface area contributed by atoms with Crippen molar-refractivity contribution in [2.24, 2.45) is 0 Å². The molecule has 0 heterocycles. The lowest BCUT2D eigenvalue weighted by Gasteiger charge is -2.29. The summed E-state index contributed by atoms with van der Waals surface area (Å²) < 4.78 is 16.9. The predicted molar refractivity (Wildman–Crippen MR) is 162 cm³/mol. The zero-order valence-corrected chi connectivity index (χ0v) is 24.9. The molecule has 3 amide bonds. The topological polar surface area (TPSA) is 126 Å². The average molecular weight is 578 g/mol. The van der Waals surface area contributed by atoms with Crippen LogP contribution in [-0.2, 0) is 11.2 Å². The molecule has 0 aliphatic rings. The van der Waals surface area contributed by atoms with Gasteiger partial charge < -0.3 is 34.9 Å². The van der Waals surface area contributed by atoms with Crippen molar-refractivity contribution in [2.75, 3.05) is 38.0 Å². The smallest absolute Gasteiger partial charge is 0.335 e. The third kappa shape index (κ3) is 7.93. The van der Waals surface area contributed by atoms with Crippen LogP contribution < -0.4 is 24.8 Å². The van der Waals surface area contributed by atoms with Crippen LogP contribution >= 0.6 is 0 Å². The number of carboxylic acid groups (broad SMARTS) is 1. The lowest BCUT2D eigenvalue weighted by molar-refractivity contribution is -0.133. The molecule has 3 rings (SSSR count). The number of ether oxygens (including phenoxy) is 3. The van der Waals surface area contributed by atoms with Gasteiger partial charge in [0, 0.05) is 12.2 Å². The maximum atomic E-state index is 13.5. The highest BCUT2D eigenvalue weighted by atomic mass is 16.5. The SMILES string of the molecule is CCCN(C(=O)Cc1ccc(NC(=O)Nc2ccccc2C)c(OC)c1C)[C@H](C)COc1ccc(C(=O)O)cc1OC. The highest BCUT2D eigenvalue weighted by molar-refractivity contribution is 6.01. The second-order valence-corrected chi connectivity index (χ2v) is 9.92. The normalized spacial score (nSPS) is 11.3. The molecule has 0 saturated carbocycles. The van der Waals surface area contributed by atoms with Crippen LogP contribution in [0.15, 0.2) is 54.6 Å². The summed E-state index contributed by atoms with van der Waals surface area (Å²) in [5.41, 5.74) is 3.76. The van der Waals surface area contributed by atoms with Crippen LogP contribution in [0.3, 0.4) is 0 Å². The molecule has 0 radical (unpaired) electrons. The Bertz CT molecular complexity index is 1420. The number of amides is 3. The van der Waals surface area contributed by atoms with E-state index < -0.39 is 12.0 Å². The van der Waals surface area contributed by atoms with Gasteiger partial charge in [-0.15, -0.1) is 0 Å². The summed E-state index contributed by atoms with van der Waals surface area (Å²) in [7, 11) is 2.97. The number of para-hydroxylation sites is 1. The summed E-state index contributed by atoms with van der Waals surface area (Å²) in [5.74, 6) is 0.0434. The van der Waals surface area contributed by atoms with Crippen molar-refractivity contribution in [3.05, 3.63) is 76.9 Å². The largest absolute Gasteiger partial charge is 0.494 e. The highest BCUT2D eigenvalue weighted by Gasteiger charge is 2.23. The first-order valence-corrected chi connectivity index (χ1v) is 13.7. The quantitative estimate of drug-likeness (QED) is 0.230. The number of nitrogens with one attached hydrogen (secondary N) is 2. The van der Waals surface area contributed by atoms with Gasteiger partial charge in [-0.1, -0.05) is 31.2 Å². The van der Waals surface area contributed by atoms with E-state index >= 15 is 0 Å². The zero-order chi connectivity index (χ0) is 30.8. The van der Waals surface area contributed by atoms with Gasteiger partial charge in [0.1, 0.15) is 12.4 Å². The third-order valence-corrected chi connectivity index (χ3v) is 6.91. The fraction of sp³-hybridized carbons (Fsp3) is 0.344. The summed E-state index contributed by atoms with van der Waals surface area (Å²) in [6.07, 6.45) is 0.896. The summed E-state index contributed by atoms with van der Waals surface area (Å²) in [6, 6.07) is 14.8. The molecule has 0 aliphatic carbocycles. The first-order chi connectivity index (χ1) is 20.1. The number of urea groups is 1. The van der Waals surface area contributed by atoms with Gasteiger partial charge >= 0.3 is 12.0 Å². The second kappa shape index (κ2) is 14.8. The molecule has 10 heteroatoms. The number of hydrogen-bond donors (Lipinski definition) is 3. The van der Waals surface area contributed by atoms with Gasteiger partial charge in [0.2, 0.25) is 5.91 Å². The number of carboxylic acids is 1. The molecule has 0 fully saturated rings. The third-order valence-electron chi connectivity index (χ3n) is 6.91. The van der Waals surface area contributed by atoms with Gasteiger partial charge in [-0.2, -0.15) is 0 Å². The van der Waals surface area contributed by atoms with Crippen molar-refractivity contribution in [3.63, 3.8) is 0 Å². The van der Waals surface area contributed by atoms with Crippen LogP contribution in [0.2, 0.25) is 0 Å². The minimum Gasteiger partial charge on any atom is -0.494 e. The molecule has 42 heavy (non-hydrogen) atoms. The van der Waals surface area contributed by atoms with E-state index in [4.69, 9.17) is 14.2 Å². The average Bonchev–Trinajstić information content (AvgIpc) is 2.97. The van der Waals surface area contributed by atoms with E-state index in [9.17, 15) is 19.5 Å². The fourth-order valence-corrected chi connectivity index (χ4v) is 4.59. The number of methoxy groups -OCH3 is 2. The Balaban J connectivity index is 1.71. The predicted octanol–water partition coefficient (Wildman–Crippen LogP) is 5.91. The molecule has 0 spiro atoms. The number of aromatic carboxylic acids is 1. The molecular weight excluding hydrogens is 538 g/mol. The monoisotopic (exact) mass is 577 g/mol. The van der Waals surface area contributed by atoms with Gasteiger partial charge in [0.15, 0.2) is 11.5 Å². The van der Waals surface area contributed by atoms with E-state index in [1.54, 1.807) is 17.0 Å². The van der Waals surface area contributed by atoms with Crippen molar-refractivity contribution >= 4 is 29.3 Å². The molecule has 0 saturated heterocycles. The standard InChI is InChI=1S/C32H39N3O7/c1-7-16-35(21(3)19-42-27-15-13-24(31(37)38)17-28(27)40-5)29(36)18-23-12-14-26(30(41-6)22(23)4)34-32(39)33-25-11-9-8-10-20(25)2/h8-15,17,21H,7,16,18-19H2,1-6H3,(H,37,38)(H2,33,34,39)/t21-/m1/s1. The summed E-state index contributed by atoms with van der Waals surface area (Å²) in [4.78, 5) is 39.2. The molecule has 1 atom stereocenters. The van der Waals surface area contributed by atoms with Gasteiger partial charge in [-0.25, -0.2) is 9.59 Å². The van der Waals surface area contributed by atoms with Crippen molar-refractivity contribution in [3.8, 4) is 17.2 Å². The maximum absolute atomic E-state index is 13.5. The number of carbonyl (C=O) groups excluding carboxylic acids is 2. The summed E-state index contributed by atoms with van der Waals surface area (Å²) in [6.45, 7) is 8.40. The lowest BCUT2D eigenvalue weighted by Crippen LogP contribution is -2.43. The van der Waals surface area contributed by atoms with Crippen LogP contribution in [0.25, 0.3) is 0 Å². The molecular formula is C32H39N3O7. The number of anilines is 2. The molecule has 0 bridgehead atoms. The Morgan fingerprint density at radius 2 is 1.64 bits per heavy atom. The zero-order valence-electron chi connectivity index (χ0n) is 24.9. The van der Waals surface area contributed by atoms with Crippen molar-refractivity contribution in [1.29, 1.82) is 0 Å². The Morgan fingerprint density at radius 1 is 0.929 bits per heavy atom. The first kappa shape index (κ1) is 31.8. The molecule has 10 nitrogen and oxygen atoms in total. The Kier molecular flexibility index (Phi) is 11.2. The molecule has 3 aromatic rings. The molecule has 0 aromatic heterocycles. The Hall–Kier alpha value is -4.73. The van der Waals surface area contributed by atoms with Gasteiger partial charge in [-0.3, -0.25) is 4.79 Å². The Morgan fingerprint density at radius 3 is 2.29 bits per heavy atom. The number of hydrogen-bond acceptors (Lipinski definition) is 6. The minimum absolute atomic E-state index is 0.0794. The van der Waals surface area contributed by atoms with E-state index in [1.807, 2.05) is 58.0 Å². The number of aryl methyl sites for hydroxylation is 1. The summed E-state index contributed by atoms with van der Waals surface area (Å²) in [5, 5.41) is 14.9. The van der Waals surface area contributed by atoms with Crippen molar-refractivity contribution < 1.29 is 33.7 Å². The van der Waals surface area contributed by atoms with E-state index in [0.29, 0.717) is 35.2 Å². The van der Waals surface area contributed by atoms with E-state index in [2.05, 4.69) is 10.6 Å². The molecule has 0 unspecified atom stereocenters. The van der Waals surface area contributed by atoms with Crippen LogP contribution in [-0.4, -0.2) is 61.3 Å². The molecule has 224 valence electrons. The van der Waals surface area contributed by atoms with Crippen LogP contribution in [0.1, 0.15) is 47.3 Å². The van der Waals surface area contributed by atoms with Crippen LogP contribution in [0.5, 0.6) is 17.2 Å². The molecule has 3 aromatic carbocycles. The minimum atomic E-state index is -1.06. The molecule has 3 N–H and O–H groups in total. The number of rotatable bonds is 13. The van der Waals surface area contributed by atoms with E-state index in [0.717, 1.165) is 23.1 Å². The first-order valence-electron chi connectivity index (χ1n) is 13.7. The fourth-order valence-electron chi connectivity index (χ4n) is 4.59. The van der Waals surface area contributed by atoms with Crippen molar-refractivity contribution in [1.82, 2.24) is 4.90 Å². The van der Waals surface area contributed by atoms with E-state index in [1.165, 1.54) is 26.4 Å².